The van der Waals surface area contributed by atoms with Gasteiger partial charge in [-0.25, -0.2) is 9.97 Å². The molecule has 8 heteroatoms. The minimum Gasteiger partial charge on any atom is -0.465 e. The summed E-state index contributed by atoms with van der Waals surface area (Å²) in [6.07, 6.45) is 3.35. The molecule has 1 unspecified atom stereocenters. The number of esters is 1. The van der Waals surface area contributed by atoms with E-state index in [1.54, 1.807) is 31.5 Å². The number of ether oxygens (including phenoxy) is 1. The molecule has 0 aliphatic rings. The van der Waals surface area contributed by atoms with Crippen LogP contribution in [-0.4, -0.2) is 37.5 Å². The van der Waals surface area contributed by atoms with Gasteiger partial charge in [0.2, 0.25) is 0 Å². The minimum absolute atomic E-state index is 0.151. The molecular weight excluding hydrogens is 394 g/mol. The van der Waals surface area contributed by atoms with Crippen LogP contribution in [0.4, 0.5) is 0 Å². The summed E-state index contributed by atoms with van der Waals surface area (Å²) >= 11 is 1.27. The van der Waals surface area contributed by atoms with Crippen molar-refractivity contribution in [3.8, 4) is 11.4 Å². The van der Waals surface area contributed by atoms with Gasteiger partial charge in [-0.1, -0.05) is 30.0 Å². The molecule has 0 N–H and O–H groups in total. The van der Waals surface area contributed by atoms with Gasteiger partial charge in [-0.05, 0) is 37.3 Å². The Morgan fingerprint density at radius 2 is 1.96 bits per heavy atom. The Labute approximate surface area is 170 Å². The van der Waals surface area contributed by atoms with E-state index in [0.717, 1.165) is 10.5 Å². The summed E-state index contributed by atoms with van der Waals surface area (Å²) in [6, 6.07) is 14.7. The maximum Gasteiger partial charge on any atom is 0.316 e. The number of rotatable bonds is 8. The zero-order chi connectivity index (χ0) is 19.8. The molecule has 3 aromatic rings. The Kier molecular flexibility index (Phi) is 7.27. The first-order valence-corrected chi connectivity index (χ1v) is 11.0. The number of benzene rings is 1. The molecule has 0 radical (unpaired) electrons. The van der Waals surface area contributed by atoms with Crippen LogP contribution in [0.1, 0.15) is 12.6 Å². The van der Waals surface area contributed by atoms with Crippen LogP contribution in [0.3, 0.4) is 0 Å². The van der Waals surface area contributed by atoms with Gasteiger partial charge in [-0.3, -0.25) is 14.0 Å². The van der Waals surface area contributed by atoms with Crippen LogP contribution in [0.2, 0.25) is 0 Å². The molecule has 0 bridgehead atoms. The van der Waals surface area contributed by atoms with Crippen LogP contribution in [0.15, 0.2) is 70.8 Å². The monoisotopic (exact) mass is 413 g/mol. The first-order valence-electron chi connectivity index (χ1n) is 8.66. The molecule has 0 fully saturated rings. The molecule has 0 spiro atoms. The van der Waals surface area contributed by atoms with E-state index in [9.17, 15) is 9.00 Å². The Balaban J connectivity index is 1.86. The van der Waals surface area contributed by atoms with E-state index in [4.69, 9.17) is 4.74 Å². The number of nitrogens with zero attached hydrogens (tertiary/aromatic N) is 3. The molecule has 0 saturated heterocycles. The summed E-state index contributed by atoms with van der Waals surface area (Å²) in [5, 5.41) is 0.627. The summed E-state index contributed by atoms with van der Waals surface area (Å²) in [4.78, 5) is 25.6. The Morgan fingerprint density at radius 1 is 1.14 bits per heavy atom. The molecule has 0 aliphatic heterocycles. The molecule has 6 nitrogen and oxygen atoms in total. The third-order valence-electron chi connectivity index (χ3n) is 3.60. The lowest BCUT2D eigenvalue weighted by molar-refractivity contribution is -0.139. The van der Waals surface area contributed by atoms with Gasteiger partial charge in [0.1, 0.15) is 5.03 Å². The second-order valence-corrected chi connectivity index (χ2v) is 8.11. The van der Waals surface area contributed by atoms with Crippen molar-refractivity contribution < 1.29 is 13.7 Å². The number of hydrogen-bond acceptors (Lipinski definition) is 7. The molecule has 0 aliphatic carbocycles. The fourth-order valence-electron chi connectivity index (χ4n) is 2.37. The van der Waals surface area contributed by atoms with Crippen molar-refractivity contribution in [2.24, 2.45) is 0 Å². The van der Waals surface area contributed by atoms with E-state index in [0.29, 0.717) is 23.2 Å². The Morgan fingerprint density at radius 3 is 2.68 bits per heavy atom. The highest BCUT2D eigenvalue weighted by atomic mass is 32.2. The lowest BCUT2D eigenvalue weighted by Gasteiger charge is -2.08. The summed E-state index contributed by atoms with van der Waals surface area (Å²) in [5.74, 6) is 0.594. The van der Waals surface area contributed by atoms with Gasteiger partial charge < -0.3 is 4.74 Å². The van der Waals surface area contributed by atoms with E-state index < -0.39 is 10.8 Å². The molecular formula is C20H19N3O3S2. The van der Waals surface area contributed by atoms with Crippen LogP contribution in [-0.2, 0) is 26.1 Å². The zero-order valence-electron chi connectivity index (χ0n) is 15.3. The van der Waals surface area contributed by atoms with Gasteiger partial charge in [-0.15, -0.1) is 0 Å². The molecule has 28 heavy (non-hydrogen) atoms. The number of carbonyl (C=O) groups is 1. The van der Waals surface area contributed by atoms with Crippen LogP contribution in [0.5, 0.6) is 0 Å². The van der Waals surface area contributed by atoms with Gasteiger partial charge in [0.15, 0.2) is 5.82 Å². The molecule has 1 aromatic carbocycles. The highest BCUT2D eigenvalue weighted by Crippen LogP contribution is 2.23. The highest BCUT2D eigenvalue weighted by molar-refractivity contribution is 7.99. The van der Waals surface area contributed by atoms with Gasteiger partial charge in [0, 0.05) is 22.9 Å². The van der Waals surface area contributed by atoms with Gasteiger partial charge in [0.25, 0.3) is 0 Å². The number of thioether (sulfide) groups is 1. The second-order valence-electron chi connectivity index (χ2n) is 5.66. The molecule has 0 amide bonds. The van der Waals surface area contributed by atoms with E-state index >= 15 is 0 Å². The maximum atomic E-state index is 12.7. The summed E-state index contributed by atoms with van der Waals surface area (Å²) < 4.78 is 17.7. The lowest BCUT2D eigenvalue weighted by Crippen LogP contribution is -2.07. The Bertz CT molecular complexity index is 953. The quantitative estimate of drug-likeness (QED) is 0.317. The molecule has 2 aromatic heterocycles. The zero-order valence-corrected chi connectivity index (χ0v) is 16.9. The molecule has 3 rings (SSSR count). The number of hydrogen-bond donors (Lipinski definition) is 0. The smallest absolute Gasteiger partial charge is 0.316 e. The number of aromatic nitrogens is 3. The molecule has 144 valence electrons. The molecule has 0 saturated carbocycles. The van der Waals surface area contributed by atoms with Crippen molar-refractivity contribution in [3.05, 3.63) is 66.6 Å². The van der Waals surface area contributed by atoms with Crippen LogP contribution in [0, 0.1) is 0 Å². The van der Waals surface area contributed by atoms with Gasteiger partial charge in [-0.2, -0.15) is 0 Å². The van der Waals surface area contributed by atoms with Crippen molar-refractivity contribution in [2.45, 2.75) is 22.6 Å². The highest BCUT2D eigenvalue weighted by Gasteiger charge is 2.13. The summed E-state index contributed by atoms with van der Waals surface area (Å²) in [6.45, 7) is 2.11. The van der Waals surface area contributed by atoms with Crippen LogP contribution in [0.25, 0.3) is 11.4 Å². The third-order valence-corrected chi connectivity index (χ3v) is 5.84. The molecule has 1 atom stereocenters. The normalized spacial score (nSPS) is 11.8. The standard InChI is InChI=1S/C20H19N3O3S2/c1-2-26-19(24)13-27-18-11-16(14-28(25)17-8-4-3-5-9-17)22-20(23-18)15-7-6-10-21-12-15/h3-12H,2,13-14H2,1H3. The van der Waals surface area contributed by atoms with Crippen LogP contribution < -0.4 is 0 Å². The fourth-order valence-corrected chi connectivity index (χ4v) is 4.13. The van der Waals surface area contributed by atoms with Crippen molar-refractivity contribution in [2.75, 3.05) is 12.4 Å². The number of carbonyl (C=O) groups excluding carboxylic acids is 1. The van der Waals surface area contributed by atoms with E-state index in [1.165, 1.54) is 11.8 Å². The summed E-state index contributed by atoms with van der Waals surface area (Å²) in [7, 11) is -1.23. The summed E-state index contributed by atoms with van der Waals surface area (Å²) in [5.41, 5.74) is 1.40. The topological polar surface area (TPSA) is 82.0 Å². The Hall–Kier alpha value is -2.58. The minimum atomic E-state index is -1.23. The van der Waals surface area contributed by atoms with Crippen molar-refractivity contribution in [1.82, 2.24) is 15.0 Å². The predicted molar refractivity (Wildman–Crippen MR) is 109 cm³/mol. The first kappa shape index (κ1) is 20.2. The predicted octanol–water partition coefficient (Wildman–Crippen LogP) is 3.50. The van der Waals surface area contributed by atoms with E-state index in [2.05, 4.69) is 15.0 Å². The van der Waals surface area contributed by atoms with Crippen molar-refractivity contribution >= 4 is 28.5 Å². The first-order chi connectivity index (χ1) is 13.7. The average molecular weight is 414 g/mol. The van der Waals surface area contributed by atoms with Crippen LogP contribution >= 0.6 is 11.8 Å². The lowest BCUT2D eigenvalue weighted by atomic mass is 10.2. The van der Waals surface area contributed by atoms with Crippen molar-refractivity contribution in [1.29, 1.82) is 0 Å². The third kappa shape index (κ3) is 5.71. The maximum absolute atomic E-state index is 12.7. The van der Waals surface area contributed by atoms with Gasteiger partial charge >= 0.3 is 5.97 Å². The van der Waals surface area contributed by atoms with E-state index in [1.807, 2.05) is 36.4 Å². The average Bonchev–Trinajstić information content (AvgIpc) is 2.73. The second kappa shape index (κ2) is 10.1. The SMILES string of the molecule is CCOC(=O)CSc1cc(CS(=O)c2ccccc2)nc(-c2cccnc2)n1. The largest absolute Gasteiger partial charge is 0.465 e. The van der Waals surface area contributed by atoms with E-state index in [-0.39, 0.29) is 17.5 Å². The fraction of sp³-hybridized carbons (Fsp3) is 0.200. The van der Waals surface area contributed by atoms with Gasteiger partial charge in [0.05, 0.1) is 34.6 Å². The van der Waals surface area contributed by atoms with Crippen molar-refractivity contribution in [3.63, 3.8) is 0 Å². The number of pyridine rings is 1. The molecule has 2 heterocycles.